The van der Waals surface area contributed by atoms with E-state index in [0.29, 0.717) is 19.3 Å². The zero-order valence-electron chi connectivity index (χ0n) is 18.2. The second-order valence-corrected chi connectivity index (χ2v) is 11.9. The topological polar surface area (TPSA) is 60.4 Å². The second kappa shape index (κ2) is 7.45. The summed E-state index contributed by atoms with van der Waals surface area (Å²) in [5, 5.41) is 0. The van der Waals surface area contributed by atoms with Gasteiger partial charge in [-0.1, -0.05) is 50.6 Å². The lowest BCUT2D eigenvalue weighted by atomic mass is 9.59. The quantitative estimate of drug-likeness (QED) is 0.614. The number of rotatable bonds is 4. The molecule has 4 nitrogen and oxygen atoms in total. The zero-order valence-corrected chi connectivity index (χ0v) is 19.0. The average molecular weight is 429 g/mol. The van der Waals surface area contributed by atoms with Crippen LogP contribution >= 0.6 is 0 Å². The van der Waals surface area contributed by atoms with Crippen LogP contribution in [0.5, 0.6) is 0 Å². The van der Waals surface area contributed by atoms with E-state index in [0.717, 1.165) is 24.8 Å². The SMILES string of the molecule is C=C[C@]1(C)C[C@H]([C@@]2(C)C3=C(CCC3=O)CC[C@H]2C)O[C@@H](S(=O)(=O)c2ccccc2)C1. The highest BCUT2D eigenvalue weighted by Gasteiger charge is 2.55. The molecule has 1 fully saturated rings. The molecule has 5 heteroatoms. The first kappa shape index (κ1) is 21.5. The summed E-state index contributed by atoms with van der Waals surface area (Å²) in [5.41, 5.74) is 0.384. The second-order valence-electron chi connectivity index (χ2n) is 9.80. The Morgan fingerprint density at radius 1 is 1.10 bits per heavy atom. The van der Waals surface area contributed by atoms with Gasteiger partial charge in [-0.25, -0.2) is 8.42 Å². The number of carbonyl (C=O) groups is 1. The Balaban J connectivity index is 1.78. The van der Waals surface area contributed by atoms with Gasteiger partial charge in [0.25, 0.3) is 0 Å². The molecule has 1 aliphatic heterocycles. The van der Waals surface area contributed by atoms with E-state index >= 15 is 0 Å². The third kappa shape index (κ3) is 3.31. The van der Waals surface area contributed by atoms with Crippen molar-refractivity contribution in [1.82, 2.24) is 0 Å². The molecule has 3 aliphatic rings. The third-order valence-corrected chi connectivity index (χ3v) is 9.81. The lowest BCUT2D eigenvalue weighted by Crippen LogP contribution is -2.52. The van der Waals surface area contributed by atoms with Crippen LogP contribution in [0.2, 0.25) is 0 Å². The van der Waals surface area contributed by atoms with Gasteiger partial charge in [-0.05, 0) is 55.6 Å². The summed E-state index contributed by atoms with van der Waals surface area (Å²) >= 11 is 0. The number of ketones is 1. The normalized spacial score (nSPS) is 37.2. The molecule has 162 valence electrons. The van der Waals surface area contributed by atoms with Gasteiger partial charge < -0.3 is 4.74 Å². The van der Waals surface area contributed by atoms with Crippen molar-refractivity contribution in [1.29, 1.82) is 0 Å². The number of ether oxygens (including phenoxy) is 1. The Kier molecular flexibility index (Phi) is 5.34. The van der Waals surface area contributed by atoms with Crippen molar-refractivity contribution in [2.24, 2.45) is 16.7 Å². The maximum Gasteiger partial charge on any atom is 0.205 e. The average Bonchev–Trinajstić information content (AvgIpc) is 3.12. The van der Waals surface area contributed by atoms with Gasteiger partial charge in [0.05, 0.1) is 11.0 Å². The van der Waals surface area contributed by atoms with E-state index in [1.807, 2.05) is 12.1 Å². The number of sulfone groups is 1. The lowest BCUT2D eigenvalue weighted by molar-refractivity contribution is -0.128. The molecule has 0 aromatic heterocycles. The van der Waals surface area contributed by atoms with E-state index < -0.39 is 20.7 Å². The van der Waals surface area contributed by atoms with Gasteiger partial charge in [0, 0.05) is 17.4 Å². The molecule has 1 aromatic carbocycles. The first-order chi connectivity index (χ1) is 14.1. The minimum Gasteiger partial charge on any atom is -0.358 e. The van der Waals surface area contributed by atoms with Crippen molar-refractivity contribution in [3.8, 4) is 0 Å². The predicted octanol–water partition coefficient (Wildman–Crippen LogP) is 5.25. The van der Waals surface area contributed by atoms with Crippen molar-refractivity contribution in [3.63, 3.8) is 0 Å². The number of Topliss-reactive ketones (excluding diaryl/α,β-unsaturated/α-hetero) is 1. The highest BCUT2D eigenvalue weighted by molar-refractivity contribution is 7.92. The molecule has 0 saturated carbocycles. The molecule has 5 atom stereocenters. The fourth-order valence-corrected chi connectivity index (χ4v) is 7.41. The minimum atomic E-state index is -3.67. The third-order valence-electron chi connectivity index (χ3n) is 7.91. The highest BCUT2D eigenvalue weighted by atomic mass is 32.2. The van der Waals surface area contributed by atoms with E-state index in [2.05, 4.69) is 27.4 Å². The van der Waals surface area contributed by atoms with E-state index in [1.165, 1.54) is 5.57 Å². The van der Waals surface area contributed by atoms with E-state index in [1.54, 1.807) is 24.3 Å². The lowest BCUT2D eigenvalue weighted by Gasteiger charge is -2.52. The molecular weight excluding hydrogens is 396 g/mol. The molecule has 0 bridgehead atoms. The van der Waals surface area contributed by atoms with Gasteiger partial charge in [-0.15, -0.1) is 6.58 Å². The van der Waals surface area contributed by atoms with Crippen LogP contribution in [-0.2, 0) is 19.4 Å². The molecule has 4 rings (SSSR count). The van der Waals surface area contributed by atoms with Crippen LogP contribution in [0.4, 0.5) is 0 Å². The number of carbonyl (C=O) groups excluding carboxylic acids is 1. The van der Waals surface area contributed by atoms with Crippen molar-refractivity contribution < 1.29 is 17.9 Å². The highest BCUT2D eigenvalue weighted by Crippen LogP contribution is 2.56. The van der Waals surface area contributed by atoms with Crippen LogP contribution in [0.3, 0.4) is 0 Å². The van der Waals surface area contributed by atoms with Gasteiger partial charge >= 0.3 is 0 Å². The number of hydrogen-bond donors (Lipinski definition) is 0. The predicted molar refractivity (Wildman–Crippen MR) is 118 cm³/mol. The number of allylic oxidation sites excluding steroid dienone is 2. The monoisotopic (exact) mass is 428 g/mol. The van der Waals surface area contributed by atoms with Crippen LogP contribution in [0.1, 0.15) is 59.3 Å². The molecule has 1 aromatic rings. The van der Waals surface area contributed by atoms with Gasteiger partial charge in [-0.2, -0.15) is 0 Å². The minimum absolute atomic E-state index is 0.219. The summed E-state index contributed by atoms with van der Waals surface area (Å²) in [6.45, 7) is 10.4. The molecule has 1 saturated heterocycles. The number of hydrogen-bond acceptors (Lipinski definition) is 4. The van der Waals surface area contributed by atoms with E-state index in [-0.39, 0.29) is 28.1 Å². The molecule has 0 N–H and O–H groups in total. The molecule has 2 aliphatic carbocycles. The summed E-state index contributed by atoms with van der Waals surface area (Å²) in [6.07, 6.45) is 5.95. The molecule has 0 amide bonds. The molecule has 0 spiro atoms. The smallest absolute Gasteiger partial charge is 0.205 e. The Morgan fingerprint density at radius 3 is 2.47 bits per heavy atom. The van der Waals surface area contributed by atoms with Crippen LogP contribution in [0.25, 0.3) is 0 Å². The summed E-state index contributed by atoms with van der Waals surface area (Å²) in [4.78, 5) is 13.2. The zero-order chi connectivity index (χ0) is 21.7. The molecule has 0 unspecified atom stereocenters. The Morgan fingerprint density at radius 2 is 1.80 bits per heavy atom. The molecular formula is C25H32O4S. The summed E-state index contributed by atoms with van der Waals surface area (Å²) in [5.74, 6) is 0.464. The van der Waals surface area contributed by atoms with Crippen molar-refractivity contribution in [2.45, 2.75) is 75.7 Å². The van der Waals surface area contributed by atoms with Gasteiger partial charge in [-0.3, -0.25) is 4.79 Å². The Hall–Kier alpha value is -1.72. The van der Waals surface area contributed by atoms with Crippen LogP contribution in [0.15, 0.2) is 59.0 Å². The van der Waals surface area contributed by atoms with Crippen LogP contribution < -0.4 is 0 Å². The maximum absolute atomic E-state index is 13.5. The number of benzene rings is 1. The maximum atomic E-state index is 13.5. The first-order valence-corrected chi connectivity index (χ1v) is 12.5. The van der Waals surface area contributed by atoms with E-state index in [4.69, 9.17) is 4.74 Å². The first-order valence-electron chi connectivity index (χ1n) is 11.0. The van der Waals surface area contributed by atoms with Gasteiger partial charge in [0.2, 0.25) is 9.84 Å². The molecule has 0 radical (unpaired) electrons. The fourth-order valence-electron chi connectivity index (χ4n) is 5.69. The van der Waals surface area contributed by atoms with Gasteiger partial charge in [0.15, 0.2) is 11.2 Å². The standard InChI is InChI=1S/C25H32O4S/c1-5-24(3)15-21(25(4)17(2)11-12-18-13-14-20(26)23(18)25)29-22(16-24)30(27,28)19-9-7-6-8-10-19/h5-10,17,21-22H,1,11-16H2,2-4H3/t17-,21-,22+,24-,25+/m1/s1. The molecule has 30 heavy (non-hydrogen) atoms. The van der Waals surface area contributed by atoms with Crippen molar-refractivity contribution in [2.75, 3.05) is 0 Å². The fraction of sp³-hybridized carbons (Fsp3) is 0.560. The summed E-state index contributed by atoms with van der Waals surface area (Å²) in [7, 11) is -3.67. The Labute approximate surface area is 180 Å². The summed E-state index contributed by atoms with van der Waals surface area (Å²) in [6, 6.07) is 8.53. The Bertz CT molecular complexity index is 993. The van der Waals surface area contributed by atoms with Crippen molar-refractivity contribution >= 4 is 15.6 Å². The molecule has 1 heterocycles. The summed E-state index contributed by atoms with van der Waals surface area (Å²) < 4.78 is 33.4. The van der Waals surface area contributed by atoms with E-state index in [9.17, 15) is 13.2 Å². The van der Waals surface area contributed by atoms with Crippen LogP contribution in [0, 0.1) is 16.7 Å². The largest absolute Gasteiger partial charge is 0.358 e. The van der Waals surface area contributed by atoms with Gasteiger partial charge in [0.1, 0.15) is 0 Å². The van der Waals surface area contributed by atoms with Crippen LogP contribution in [-0.4, -0.2) is 25.7 Å². The van der Waals surface area contributed by atoms with Crippen molar-refractivity contribution in [3.05, 3.63) is 54.1 Å².